The Balaban J connectivity index is 0. The predicted molar refractivity (Wildman–Crippen MR) is 51.5 cm³/mol. The standard InChI is InChI=1S/C4H11Si.3CH3.HI.Sb/c1-5(2,3)4;;;;;/h1H2,2-4H3;3*1H3;1H;/q;;;;;+1/p-1. The molecule has 0 rings (SSSR count). The van der Waals surface area contributed by atoms with Crippen LogP contribution in [0.15, 0.2) is 0 Å². The molecule has 0 aliphatic rings. The van der Waals surface area contributed by atoms with Crippen molar-refractivity contribution in [1.82, 2.24) is 0 Å². The van der Waals surface area contributed by atoms with Crippen molar-refractivity contribution in [2.45, 2.75) is 38.2 Å². The van der Waals surface area contributed by atoms with Crippen molar-refractivity contribution in [3.8, 4) is 0 Å². The third-order valence-electron chi connectivity index (χ3n) is 0.949. The summed E-state index contributed by atoms with van der Waals surface area (Å²) >= 11 is -1.29. The van der Waals surface area contributed by atoms with Crippen LogP contribution in [0.25, 0.3) is 0 Å². The minimum Gasteiger partial charge on any atom is -1.00 e. The minimum atomic E-state index is -1.29. The molecule has 0 saturated carbocycles. The fraction of sp³-hybridized carbons (Fsp3) is 1.00. The largest absolute Gasteiger partial charge is 1.00 e. The van der Waals surface area contributed by atoms with Gasteiger partial charge < -0.3 is 24.0 Å². The second-order valence-electron chi connectivity index (χ2n) is 5.01. The van der Waals surface area contributed by atoms with Gasteiger partial charge in [-0.05, 0) is 0 Å². The molecule has 0 unspecified atom stereocenters. The van der Waals surface area contributed by atoms with E-state index < -0.39 is 26.9 Å². The summed E-state index contributed by atoms with van der Waals surface area (Å²) in [5.41, 5.74) is 0. The van der Waals surface area contributed by atoms with Crippen molar-refractivity contribution < 1.29 is 24.0 Å². The van der Waals surface area contributed by atoms with E-state index in [-0.39, 0.29) is 24.0 Å². The van der Waals surface area contributed by atoms with Crippen LogP contribution in [-0.4, -0.2) is 26.9 Å². The molecule has 64 valence electrons. The fourth-order valence-electron chi connectivity index (χ4n) is 1.42. The smallest absolute Gasteiger partial charge is 1.00 e. The van der Waals surface area contributed by atoms with Crippen molar-refractivity contribution in [2.75, 3.05) is 0 Å². The Kier molecular flexibility index (Phi) is 6.73. The van der Waals surface area contributed by atoms with Crippen LogP contribution in [0.5, 0.6) is 0 Å². The van der Waals surface area contributed by atoms with Crippen LogP contribution < -0.4 is 24.0 Å². The van der Waals surface area contributed by atoms with E-state index >= 15 is 0 Å². The second kappa shape index (κ2) is 4.71. The predicted octanol–water partition coefficient (Wildman–Crippen LogP) is 0.206. The maximum absolute atomic E-state index is 2.52. The maximum atomic E-state index is 2.52. The molecule has 0 aromatic rings. The Morgan fingerprint density at radius 2 is 1.30 bits per heavy atom. The minimum absolute atomic E-state index is 0. The molecule has 0 bridgehead atoms. The van der Waals surface area contributed by atoms with Gasteiger partial charge in [-0.2, -0.15) is 0 Å². The Bertz CT molecular complexity index is 78.8. The summed E-state index contributed by atoms with van der Waals surface area (Å²) < 4.78 is 1.63. The summed E-state index contributed by atoms with van der Waals surface area (Å²) in [4.78, 5) is 7.57. The van der Waals surface area contributed by atoms with Crippen molar-refractivity contribution in [3.63, 3.8) is 0 Å². The van der Waals surface area contributed by atoms with Crippen molar-refractivity contribution in [3.05, 3.63) is 0 Å². The van der Waals surface area contributed by atoms with Crippen LogP contribution in [0.2, 0.25) is 38.2 Å². The first-order valence-electron chi connectivity index (χ1n) is 3.51. The van der Waals surface area contributed by atoms with Crippen molar-refractivity contribution in [2.24, 2.45) is 0 Å². The van der Waals surface area contributed by atoms with E-state index in [1.54, 1.807) is 3.99 Å². The van der Waals surface area contributed by atoms with Gasteiger partial charge in [0.15, 0.2) is 0 Å². The van der Waals surface area contributed by atoms with Crippen LogP contribution in [0.4, 0.5) is 0 Å². The molecule has 10 heavy (non-hydrogen) atoms. The molecule has 0 heterocycles. The average Bonchev–Trinajstić information content (AvgIpc) is 1.14. The fourth-order valence-corrected chi connectivity index (χ4v) is 28.6. The third-order valence-corrected chi connectivity index (χ3v) is 19.1. The van der Waals surface area contributed by atoms with E-state index in [1.165, 1.54) is 0 Å². The number of rotatable bonds is 2. The van der Waals surface area contributed by atoms with E-state index in [0.717, 1.165) is 0 Å². The van der Waals surface area contributed by atoms with Crippen molar-refractivity contribution >= 4 is 26.9 Å². The summed E-state index contributed by atoms with van der Waals surface area (Å²) in [7, 11) is -0.704. The Labute approximate surface area is 88.2 Å². The zero-order valence-electron chi connectivity index (χ0n) is 8.03. The first-order chi connectivity index (χ1) is 3.71. The first kappa shape index (κ1) is 14.3. The maximum Gasteiger partial charge on any atom is -1.00 e. The van der Waals surface area contributed by atoms with Gasteiger partial charge in [-0.15, -0.1) is 0 Å². The molecule has 0 nitrogen and oxygen atoms in total. The van der Waals surface area contributed by atoms with E-state index in [2.05, 4.69) is 34.3 Å². The van der Waals surface area contributed by atoms with Crippen LogP contribution in [0, 0.1) is 0 Å². The van der Waals surface area contributed by atoms with Crippen LogP contribution in [0.3, 0.4) is 0 Å². The molecule has 0 atom stereocenters. The van der Waals surface area contributed by atoms with E-state index in [1.807, 2.05) is 0 Å². The van der Waals surface area contributed by atoms with Gasteiger partial charge in [0.1, 0.15) is 0 Å². The second-order valence-corrected chi connectivity index (χ2v) is 26.2. The number of hydrogen-bond donors (Lipinski definition) is 0. The monoisotopic (exact) mass is 380 g/mol. The summed E-state index contributed by atoms with van der Waals surface area (Å²) in [5.74, 6) is 0. The van der Waals surface area contributed by atoms with Gasteiger partial charge in [-0.3, -0.25) is 0 Å². The van der Waals surface area contributed by atoms with E-state index in [9.17, 15) is 0 Å². The summed E-state index contributed by atoms with van der Waals surface area (Å²) in [6, 6.07) is 0. The molecular formula is C7H20ISbSi. The quantitative estimate of drug-likeness (QED) is 0.474. The molecular weight excluding hydrogens is 361 g/mol. The molecule has 3 heteroatoms. The third kappa shape index (κ3) is 12.4. The molecule has 0 aliphatic heterocycles. The molecule has 0 aromatic heterocycles. The van der Waals surface area contributed by atoms with Gasteiger partial charge in [-0.1, -0.05) is 0 Å². The first-order valence-corrected chi connectivity index (χ1v) is 16.7. The molecule has 0 N–H and O–H groups in total. The van der Waals surface area contributed by atoms with Gasteiger partial charge in [0, 0.05) is 0 Å². The van der Waals surface area contributed by atoms with Gasteiger partial charge in [-0.25, -0.2) is 0 Å². The van der Waals surface area contributed by atoms with Gasteiger partial charge >= 0.3 is 65.1 Å². The topological polar surface area (TPSA) is 0 Å². The SMILES string of the molecule is C[Si](C)(C)[CH2][Sb+]([CH3])([CH3])[CH3].[I-]. The average molecular weight is 381 g/mol. The van der Waals surface area contributed by atoms with E-state index in [4.69, 9.17) is 0 Å². The molecule has 0 spiro atoms. The van der Waals surface area contributed by atoms with E-state index in [0.29, 0.717) is 0 Å². The zero-order chi connectivity index (χ0) is 7.71. The Morgan fingerprint density at radius 1 is 1.00 bits per heavy atom. The molecule has 0 fully saturated rings. The summed E-state index contributed by atoms with van der Waals surface area (Å²) in [6.07, 6.45) is 0. The molecule has 0 aromatic carbocycles. The normalized spacial score (nSPS) is 12.6. The summed E-state index contributed by atoms with van der Waals surface area (Å²) in [6.45, 7) is 7.44. The van der Waals surface area contributed by atoms with Gasteiger partial charge in [0.05, 0.1) is 0 Å². The Hall–Kier alpha value is 1.77. The van der Waals surface area contributed by atoms with Crippen LogP contribution in [-0.2, 0) is 0 Å². The number of hydrogen-bond acceptors (Lipinski definition) is 0. The Morgan fingerprint density at radius 3 is 1.30 bits per heavy atom. The summed E-state index contributed by atoms with van der Waals surface area (Å²) in [5, 5.41) is 0. The number of halogens is 1. The zero-order valence-corrected chi connectivity index (χ0v) is 13.7. The van der Waals surface area contributed by atoms with Gasteiger partial charge in [0.25, 0.3) is 0 Å². The van der Waals surface area contributed by atoms with Crippen LogP contribution in [0.1, 0.15) is 0 Å². The molecule has 0 amide bonds. The van der Waals surface area contributed by atoms with Crippen LogP contribution >= 0.6 is 0 Å². The molecule has 0 radical (unpaired) electrons. The van der Waals surface area contributed by atoms with Crippen molar-refractivity contribution in [1.29, 1.82) is 0 Å². The molecule has 0 saturated heterocycles. The molecule has 0 aliphatic carbocycles. The van der Waals surface area contributed by atoms with Gasteiger partial charge in [0.2, 0.25) is 0 Å².